The number of nitrogens with one attached hydrogen (secondary N) is 1. The molecule has 94 valence electrons. The first-order valence-corrected chi connectivity index (χ1v) is 6.17. The number of hydrogen-bond acceptors (Lipinski definition) is 3. The lowest BCUT2D eigenvalue weighted by Gasteiger charge is -2.06. The number of carbonyl (C=O) groups is 1. The largest absolute Gasteiger partial charge is 0.351 e. The summed E-state index contributed by atoms with van der Waals surface area (Å²) in [5.41, 5.74) is 1.92. The van der Waals surface area contributed by atoms with Crippen LogP contribution in [-0.2, 0) is 0 Å². The Kier molecular flexibility index (Phi) is 3.87. The summed E-state index contributed by atoms with van der Waals surface area (Å²) in [6, 6.07) is 7.52. The van der Waals surface area contributed by atoms with Crippen LogP contribution in [0.3, 0.4) is 0 Å². The Morgan fingerprint density at radius 3 is 2.72 bits per heavy atom. The Balaban J connectivity index is 2.08. The third-order valence-electron chi connectivity index (χ3n) is 2.69. The Hall–Kier alpha value is -1.97. The van der Waals surface area contributed by atoms with E-state index in [2.05, 4.69) is 29.1 Å². The lowest BCUT2D eigenvalue weighted by molar-refractivity contribution is 0.0947. The average molecular weight is 243 g/mol. The van der Waals surface area contributed by atoms with Gasteiger partial charge in [-0.2, -0.15) is 0 Å². The molecule has 1 amide bonds. The number of amides is 1. The molecule has 4 heteroatoms. The summed E-state index contributed by atoms with van der Waals surface area (Å²) in [5, 5.41) is 2.85. The normalized spacial score (nSPS) is 10.8. The van der Waals surface area contributed by atoms with Crippen molar-refractivity contribution >= 4 is 16.9 Å². The quantitative estimate of drug-likeness (QED) is 0.897. The number of benzene rings is 1. The predicted octanol–water partition coefficient (Wildman–Crippen LogP) is 2.41. The van der Waals surface area contributed by atoms with Crippen LogP contribution in [0.5, 0.6) is 0 Å². The van der Waals surface area contributed by atoms with Crippen molar-refractivity contribution in [2.75, 3.05) is 6.54 Å². The van der Waals surface area contributed by atoms with Crippen molar-refractivity contribution < 1.29 is 4.79 Å². The molecule has 0 aliphatic rings. The van der Waals surface area contributed by atoms with Gasteiger partial charge in [-0.25, -0.2) is 4.98 Å². The van der Waals surface area contributed by atoms with Crippen molar-refractivity contribution in [3.63, 3.8) is 0 Å². The zero-order valence-electron chi connectivity index (χ0n) is 10.7. The standard InChI is InChI=1S/C14H17N3O/c1-10(2)7-8-15-14(18)13-9-16-11-5-3-4-6-12(11)17-13/h3-6,9-10H,7-8H2,1-2H3,(H,15,18). The van der Waals surface area contributed by atoms with E-state index in [1.807, 2.05) is 24.3 Å². The van der Waals surface area contributed by atoms with Crippen molar-refractivity contribution in [3.8, 4) is 0 Å². The minimum absolute atomic E-state index is 0.158. The molecule has 0 atom stereocenters. The van der Waals surface area contributed by atoms with Gasteiger partial charge in [0, 0.05) is 6.54 Å². The van der Waals surface area contributed by atoms with Crippen molar-refractivity contribution in [2.45, 2.75) is 20.3 Å². The molecule has 1 heterocycles. The van der Waals surface area contributed by atoms with E-state index < -0.39 is 0 Å². The molecule has 0 saturated heterocycles. The lowest BCUT2D eigenvalue weighted by Crippen LogP contribution is -2.26. The van der Waals surface area contributed by atoms with Gasteiger partial charge >= 0.3 is 0 Å². The van der Waals surface area contributed by atoms with Gasteiger partial charge in [0.2, 0.25) is 0 Å². The van der Waals surface area contributed by atoms with Crippen LogP contribution in [-0.4, -0.2) is 22.4 Å². The van der Waals surface area contributed by atoms with Gasteiger partial charge in [-0.1, -0.05) is 26.0 Å². The van der Waals surface area contributed by atoms with Crippen LogP contribution in [0.15, 0.2) is 30.5 Å². The van der Waals surface area contributed by atoms with Crippen molar-refractivity contribution in [2.24, 2.45) is 5.92 Å². The van der Waals surface area contributed by atoms with Gasteiger partial charge in [0.25, 0.3) is 5.91 Å². The highest BCUT2D eigenvalue weighted by molar-refractivity contribution is 5.93. The molecule has 0 aliphatic heterocycles. The van der Waals surface area contributed by atoms with Gasteiger partial charge in [0.1, 0.15) is 5.69 Å². The van der Waals surface area contributed by atoms with Gasteiger partial charge < -0.3 is 5.32 Å². The van der Waals surface area contributed by atoms with Crippen molar-refractivity contribution in [1.29, 1.82) is 0 Å². The third kappa shape index (κ3) is 3.03. The van der Waals surface area contributed by atoms with E-state index in [4.69, 9.17) is 0 Å². The van der Waals surface area contributed by atoms with Crippen LogP contribution in [0.1, 0.15) is 30.8 Å². The molecule has 0 saturated carbocycles. The molecule has 2 rings (SSSR count). The Morgan fingerprint density at radius 2 is 2.00 bits per heavy atom. The highest BCUT2D eigenvalue weighted by Crippen LogP contribution is 2.08. The Morgan fingerprint density at radius 1 is 1.28 bits per heavy atom. The summed E-state index contributed by atoms with van der Waals surface area (Å²) in [4.78, 5) is 20.4. The predicted molar refractivity (Wildman–Crippen MR) is 71.3 cm³/mol. The fourth-order valence-corrected chi connectivity index (χ4v) is 1.63. The van der Waals surface area contributed by atoms with Crippen LogP contribution in [0, 0.1) is 5.92 Å². The Bertz CT molecular complexity index is 551. The molecule has 0 aliphatic carbocycles. The Labute approximate surface area is 106 Å². The summed E-state index contributed by atoms with van der Waals surface area (Å²) < 4.78 is 0. The van der Waals surface area contributed by atoms with Crippen LogP contribution in [0.2, 0.25) is 0 Å². The highest BCUT2D eigenvalue weighted by atomic mass is 16.1. The maximum atomic E-state index is 11.9. The number of para-hydroxylation sites is 2. The molecule has 1 aromatic heterocycles. The summed E-state index contributed by atoms with van der Waals surface area (Å²) in [5.74, 6) is 0.418. The molecule has 4 nitrogen and oxygen atoms in total. The molecule has 0 spiro atoms. The number of hydrogen-bond donors (Lipinski definition) is 1. The monoisotopic (exact) mass is 243 g/mol. The van der Waals surface area contributed by atoms with E-state index in [0.29, 0.717) is 18.2 Å². The summed E-state index contributed by atoms with van der Waals surface area (Å²) in [6.07, 6.45) is 2.49. The maximum absolute atomic E-state index is 11.9. The number of rotatable bonds is 4. The van der Waals surface area contributed by atoms with E-state index in [0.717, 1.165) is 17.5 Å². The first kappa shape index (κ1) is 12.5. The van der Waals surface area contributed by atoms with Crippen LogP contribution < -0.4 is 5.32 Å². The number of fused-ring (bicyclic) bond motifs is 1. The fraction of sp³-hybridized carbons (Fsp3) is 0.357. The molecule has 1 N–H and O–H groups in total. The van der Waals surface area contributed by atoms with E-state index in [1.165, 1.54) is 6.20 Å². The zero-order chi connectivity index (χ0) is 13.0. The van der Waals surface area contributed by atoms with Crippen LogP contribution >= 0.6 is 0 Å². The molecular weight excluding hydrogens is 226 g/mol. The molecule has 0 unspecified atom stereocenters. The van der Waals surface area contributed by atoms with E-state index in [9.17, 15) is 4.79 Å². The molecule has 0 fully saturated rings. The number of aromatic nitrogens is 2. The number of nitrogens with zero attached hydrogens (tertiary/aromatic N) is 2. The number of carbonyl (C=O) groups excluding carboxylic acids is 1. The topological polar surface area (TPSA) is 54.9 Å². The van der Waals surface area contributed by atoms with E-state index in [-0.39, 0.29) is 5.91 Å². The van der Waals surface area contributed by atoms with Gasteiger partial charge in [-0.3, -0.25) is 9.78 Å². The second-order valence-electron chi connectivity index (χ2n) is 4.68. The molecule has 18 heavy (non-hydrogen) atoms. The van der Waals surface area contributed by atoms with Gasteiger partial charge in [0.15, 0.2) is 0 Å². The van der Waals surface area contributed by atoms with E-state index in [1.54, 1.807) is 0 Å². The lowest BCUT2D eigenvalue weighted by atomic mass is 10.1. The molecule has 0 bridgehead atoms. The molecular formula is C14H17N3O. The van der Waals surface area contributed by atoms with Gasteiger partial charge in [0.05, 0.1) is 17.2 Å². The zero-order valence-corrected chi connectivity index (χ0v) is 10.7. The van der Waals surface area contributed by atoms with Crippen molar-refractivity contribution in [3.05, 3.63) is 36.2 Å². The molecule has 0 radical (unpaired) electrons. The minimum atomic E-state index is -0.158. The summed E-state index contributed by atoms with van der Waals surface area (Å²) in [7, 11) is 0. The molecule has 1 aromatic carbocycles. The third-order valence-corrected chi connectivity index (χ3v) is 2.69. The van der Waals surface area contributed by atoms with Gasteiger partial charge in [-0.15, -0.1) is 0 Å². The van der Waals surface area contributed by atoms with Crippen LogP contribution in [0.25, 0.3) is 11.0 Å². The average Bonchev–Trinajstić information content (AvgIpc) is 2.37. The summed E-state index contributed by atoms with van der Waals surface area (Å²) in [6.45, 7) is 4.93. The first-order chi connectivity index (χ1) is 8.66. The van der Waals surface area contributed by atoms with Gasteiger partial charge in [-0.05, 0) is 24.5 Å². The molecule has 2 aromatic rings. The maximum Gasteiger partial charge on any atom is 0.271 e. The highest BCUT2D eigenvalue weighted by Gasteiger charge is 2.08. The minimum Gasteiger partial charge on any atom is -0.351 e. The second kappa shape index (κ2) is 5.58. The smallest absolute Gasteiger partial charge is 0.271 e. The van der Waals surface area contributed by atoms with Crippen LogP contribution in [0.4, 0.5) is 0 Å². The summed E-state index contributed by atoms with van der Waals surface area (Å²) >= 11 is 0. The second-order valence-corrected chi connectivity index (χ2v) is 4.68. The van der Waals surface area contributed by atoms with E-state index >= 15 is 0 Å². The first-order valence-electron chi connectivity index (χ1n) is 6.17. The van der Waals surface area contributed by atoms with Crippen molar-refractivity contribution in [1.82, 2.24) is 15.3 Å². The SMILES string of the molecule is CC(C)CCNC(=O)c1cnc2ccccc2n1. The fourth-order valence-electron chi connectivity index (χ4n) is 1.63.